The number of amides is 1. The van der Waals surface area contributed by atoms with E-state index in [4.69, 9.17) is 0 Å². The van der Waals surface area contributed by atoms with E-state index in [-0.39, 0.29) is 11.8 Å². The molecule has 0 bridgehead atoms. The molecule has 0 aliphatic rings. The van der Waals surface area contributed by atoms with Crippen molar-refractivity contribution in [1.82, 2.24) is 4.98 Å². The normalized spacial score (nSPS) is 12.3. The van der Waals surface area contributed by atoms with Gasteiger partial charge in [0.25, 0.3) is 0 Å². The summed E-state index contributed by atoms with van der Waals surface area (Å²) in [5.41, 5.74) is 3.01. The highest BCUT2D eigenvalue weighted by atomic mass is 32.1. The highest BCUT2D eigenvalue weighted by molar-refractivity contribution is 7.18. The summed E-state index contributed by atoms with van der Waals surface area (Å²) in [7, 11) is 0. The monoisotopic (exact) mass is 310 g/mol. The van der Waals surface area contributed by atoms with Gasteiger partial charge in [0.05, 0.1) is 15.2 Å². The van der Waals surface area contributed by atoms with Gasteiger partial charge >= 0.3 is 0 Å². The first-order valence-corrected chi connectivity index (χ1v) is 8.15. The molecule has 3 aromatic rings. The highest BCUT2D eigenvalue weighted by Crippen LogP contribution is 2.25. The van der Waals surface area contributed by atoms with Crippen LogP contribution in [0.4, 0.5) is 5.69 Å². The summed E-state index contributed by atoms with van der Waals surface area (Å²) in [5, 5.41) is 4.02. The maximum absolute atomic E-state index is 12.2. The summed E-state index contributed by atoms with van der Waals surface area (Å²) in [6.07, 6.45) is 0.476. The van der Waals surface area contributed by atoms with E-state index in [1.165, 1.54) is 5.56 Å². The average Bonchev–Trinajstić information content (AvgIpc) is 2.87. The number of fused-ring (bicyclic) bond motifs is 1. The van der Waals surface area contributed by atoms with Crippen molar-refractivity contribution in [2.75, 3.05) is 5.32 Å². The second-order valence-electron chi connectivity index (χ2n) is 5.48. The van der Waals surface area contributed by atoms with Crippen molar-refractivity contribution in [2.24, 2.45) is 0 Å². The summed E-state index contributed by atoms with van der Waals surface area (Å²) in [4.78, 5) is 16.6. The number of aromatic nitrogens is 1. The Morgan fingerprint density at radius 2 is 2.00 bits per heavy atom. The fourth-order valence-corrected chi connectivity index (χ4v) is 3.37. The minimum atomic E-state index is 0.0388. The van der Waals surface area contributed by atoms with Crippen LogP contribution in [0.3, 0.4) is 0 Å². The lowest BCUT2D eigenvalue weighted by Crippen LogP contribution is -2.14. The van der Waals surface area contributed by atoms with Crippen molar-refractivity contribution in [3.8, 4) is 0 Å². The van der Waals surface area contributed by atoms with Crippen LogP contribution in [-0.2, 0) is 4.79 Å². The van der Waals surface area contributed by atoms with Crippen LogP contribution in [0.5, 0.6) is 0 Å². The van der Waals surface area contributed by atoms with Crippen LogP contribution in [0, 0.1) is 6.92 Å². The van der Waals surface area contributed by atoms with E-state index >= 15 is 0 Å². The van der Waals surface area contributed by atoms with Crippen LogP contribution in [0.25, 0.3) is 10.2 Å². The fourth-order valence-electron chi connectivity index (χ4n) is 2.51. The van der Waals surface area contributed by atoms with Gasteiger partial charge in [-0.2, -0.15) is 0 Å². The number of hydrogen-bond donors (Lipinski definition) is 1. The Morgan fingerprint density at radius 3 is 2.77 bits per heavy atom. The summed E-state index contributed by atoms with van der Waals surface area (Å²) < 4.78 is 1.10. The van der Waals surface area contributed by atoms with E-state index < -0.39 is 0 Å². The van der Waals surface area contributed by atoms with Crippen LogP contribution in [0.2, 0.25) is 0 Å². The Kier molecular flexibility index (Phi) is 4.20. The molecule has 112 valence electrons. The molecule has 1 unspecified atom stereocenters. The Bertz CT molecular complexity index is 795. The third-order valence-electron chi connectivity index (χ3n) is 3.64. The zero-order valence-corrected chi connectivity index (χ0v) is 13.5. The highest BCUT2D eigenvalue weighted by Gasteiger charge is 2.11. The van der Waals surface area contributed by atoms with Gasteiger partial charge in [0.15, 0.2) is 0 Å². The largest absolute Gasteiger partial charge is 0.326 e. The van der Waals surface area contributed by atoms with Gasteiger partial charge in [-0.05, 0) is 36.6 Å². The van der Waals surface area contributed by atoms with Crippen molar-refractivity contribution >= 4 is 33.1 Å². The number of thiazole rings is 1. The number of aryl methyl sites for hydroxylation is 1. The lowest BCUT2D eigenvalue weighted by atomic mass is 9.97. The predicted octanol–water partition coefficient (Wildman–Crippen LogP) is 4.74. The lowest BCUT2D eigenvalue weighted by molar-refractivity contribution is -0.116. The maximum atomic E-state index is 12.2. The molecule has 0 saturated heterocycles. The number of hydrogen-bond acceptors (Lipinski definition) is 3. The van der Waals surface area contributed by atoms with E-state index in [0.29, 0.717) is 6.42 Å². The van der Waals surface area contributed by atoms with Crippen LogP contribution in [-0.4, -0.2) is 10.9 Å². The standard InChI is InChI=1S/C18H18N2OS/c1-12(14-6-4-3-5-7-14)10-18(21)20-15-8-9-16-17(11-15)22-13(2)19-16/h3-9,11-12H,10H2,1-2H3,(H,20,21). The summed E-state index contributed by atoms with van der Waals surface area (Å²) in [5.74, 6) is 0.243. The number of carbonyl (C=O) groups excluding carboxylic acids is 1. The van der Waals surface area contributed by atoms with Crippen molar-refractivity contribution in [1.29, 1.82) is 0 Å². The summed E-state index contributed by atoms with van der Waals surface area (Å²) >= 11 is 1.64. The molecule has 0 saturated carbocycles. The first kappa shape index (κ1) is 14.7. The molecule has 1 atom stereocenters. The SMILES string of the molecule is Cc1nc2ccc(NC(=O)CC(C)c3ccccc3)cc2s1. The van der Waals surface area contributed by atoms with Gasteiger partial charge in [-0.1, -0.05) is 37.3 Å². The molecule has 1 amide bonds. The van der Waals surface area contributed by atoms with Gasteiger partial charge < -0.3 is 5.32 Å². The third-order valence-corrected chi connectivity index (χ3v) is 4.57. The van der Waals surface area contributed by atoms with Crippen molar-refractivity contribution in [3.63, 3.8) is 0 Å². The smallest absolute Gasteiger partial charge is 0.224 e. The number of benzene rings is 2. The molecule has 1 heterocycles. The molecule has 22 heavy (non-hydrogen) atoms. The summed E-state index contributed by atoms with van der Waals surface area (Å²) in [6, 6.07) is 16.0. The molecule has 0 aliphatic heterocycles. The van der Waals surface area contributed by atoms with Gasteiger partial charge in [-0.3, -0.25) is 4.79 Å². The molecule has 0 radical (unpaired) electrons. The van der Waals surface area contributed by atoms with Gasteiger partial charge in [0.1, 0.15) is 0 Å². The Morgan fingerprint density at radius 1 is 1.23 bits per heavy atom. The van der Waals surface area contributed by atoms with Gasteiger partial charge in [-0.15, -0.1) is 11.3 Å². The van der Waals surface area contributed by atoms with Crippen molar-refractivity contribution in [3.05, 3.63) is 59.1 Å². The van der Waals surface area contributed by atoms with Gasteiger partial charge in [-0.25, -0.2) is 4.98 Å². The quantitative estimate of drug-likeness (QED) is 0.756. The number of carbonyl (C=O) groups is 1. The number of nitrogens with zero attached hydrogens (tertiary/aromatic N) is 1. The van der Waals surface area contributed by atoms with Crippen LogP contribution >= 0.6 is 11.3 Å². The zero-order valence-electron chi connectivity index (χ0n) is 12.7. The second kappa shape index (κ2) is 6.28. The Balaban J connectivity index is 1.67. The minimum Gasteiger partial charge on any atom is -0.326 e. The summed E-state index contributed by atoms with van der Waals surface area (Å²) in [6.45, 7) is 4.06. The predicted molar refractivity (Wildman–Crippen MR) is 92.5 cm³/mol. The maximum Gasteiger partial charge on any atom is 0.224 e. The molecule has 2 aromatic carbocycles. The van der Waals surface area contributed by atoms with E-state index in [9.17, 15) is 4.79 Å². The van der Waals surface area contributed by atoms with Crippen LogP contribution in [0.15, 0.2) is 48.5 Å². The number of anilines is 1. The molecular formula is C18H18N2OS. The van der Waals surface area contributed by atoms with Gasteiger partial charge in [0.2, 0.25) is 5.91 Å². The second-order valence-corrected chi connectivity index (χ2v) is 6.71. The number of rotatable bonds is 4. The molecule has 3 nitrogen and oxygen atoms in total. The fraction of sp³-hybridized carbons (Fsp3) is 0.222. The first-order valence-electron chi connectivity index (χ1n) is 7.34. The molecule has 1 N–H and O–H groups in total. The molecule has 1 aromatic heterocycles. The van der Waals surface area contributed by atoms with Gasteiger partial charge in [0, 0.05) is 12.1 Å². The van der Waals surface area contributed by atoms with E-state index in [1.807, 2.05) is 43.3 Å². The molecule has 0 fully saturated rings. The van der Waals surface area contributed by atoms with E-state index in [1.54, 1.807) is 11.3 Å². The molecule has 3 rings (SSSR count). The first-order chi connectivity index (χ1) is 10.6. The van der Waals surface area contributed by atoms with Crippen LogP contribution < -0.4 is 5.32 Å². The van der Waals surface area contributed by atoms with Crippen molar-refractivity contribution < 1.29 is 4.79 Å². The molecule has 0 spiro atoms. The number of nitrogens with one attached hydrogen (secondary N) is 1. The molecular weight excluding hydrogens is 292 g/mol. The average molecular weight is 310 g/mol. The van der Waals surface area contributed by atoms with Crippen LogP contribution in [0.1, 0.15) is 29.8 Å². The Hall–Kier alpha value is -2.20. The minimum absolute atomic E-state index is 0.0388. The lowest BCUT2D eigenvalue weighted by Gasteiger charge is -2.12. The van der Waals surface area contributed by atoms with E-state index in [0.717, 1.165) is 20.9 Å². The zero-order chi connectivity index (χ0) is 15.5. The molecule has 0 aliphatic carbocycles. The molecule has 4 heteroatoms. The van der Waals surface area contributed by atoms with E-state index in [2.05, 4.69) is 29.4 Å². The Labute approximate surface area is 134 Å². The third kappa shape index (κ3) is 3.34. The van der Waals surface area contributed by atoms with Crippen molar-refractivity contribution in [2.45, 2.75) is 26.2 Å². The topological polar surface area (TPSA) is 42.0 Å².